The van der Waals surface area contributed by atoms with Crippen molar-refractivity contribution in [1.29, 1.82) is 0 Å². The highest BCUT2D eigenvalue weighted by molar-refractivity contribution is 5.90. The third-order valence-electron chi connectivity index (χ3n) is 4.24. The zero-order chi connectivity index (χ0) is 19.2. The third-order valence-corrected chi connectivity index (χ3v) is 4.24. The van der Waals surface area contributed by atoms with E-state index in [4.69, 9.17) is 9.15 Å². The lowest BCUT2D eigenvalue weighted by atomic mass is 10.0. The number of aromatic nitrogens is 2. The molecule has 0 bridgehead atoms. The molecule has 0 aliphatic carbocycles. The summed E-state index contributed by atoms with van der Waals surface area (Å²) >= 11 is 0. The van der Waals surface area contributed by atoms with Crippen LogP contribution in [0.1, 0.15) is 42.3 Å². The lowest BCUT2D eigenvalue weighted by Crippen LogP contribution is -2.14. The van der Waals surface area contributed by atoms with E-state index in [-0.39, 0.29) is 18.3 Å². The van der Waals surface area contributed by atoms with Gasteiger partial charge in [0.1, 0.15) is 5.75 Å². The van der Waals surface area contributed by atoms with Gasteiger partial charge in [0.25, 0.3) is 0 Å². The lowest BCUT2D eigenvalue weighted by Gasteiger charge is -2.06. The Morgan fingerprint density at radius 3 is 2.33 bits per heavy atom. The summed E-state index contributed by atoms with van der Waals surface area (Å²) in [6.45, 7) is 4.28. The van der Waals surface area contributed by atoms with Gasteiger partial charge in [0, 0.05) is 0 Å². The van der Waals surface area contributed by atoms with E-state index in [1.165, 1.54) is 5.56 Å². The molecule has 0 saturated carbocycles. The van der Waals surface area contributed by atoms with Crippen molar-refractivity contribution in [2.24, 2.45) is 0 Å². The van der Waals surface area contributed by atoms with Crippen LogP contribution in [0.15, 0.2) is 52.9 Å². The van der Waals surface area contributed by atoms with Crippen LogP contribution in [0.2, 0.25) is 0 Å². The fraction of sp³-hybridized carbons (Fsp3) is 0.286. The second-order valence-electron chi connectivity index (χ2n) is 6.65. The Bertz CT molecular complexity index is 884. The van der Waals surface area contributed by atoms with Crippen molar-refractivity contribution < 1.29 is 13.9 Å². The van der Waals surface area contributed by atoms with Gasteiger partial charge in [0.05, 0.1) is 20.0 Å². The summed E-state index contributed by atoms with van der Waals surface area (Å²) in [5.74, 6) is 1.51. The standard InChI is InChI=1S/C21H23N3O3/c1-14(2)17-8-4-15(5-9-17)12-19(25)22-21-24-23-20(27-21)13-16-6-10-18(26-3)11-7-16/h4-11,14H,12-13H2,1-3H3,(H,22,24,25). The van der Waals surface area contributed by atoms with Crippen LogP contribution < -0.4 is 10.1 Å². The zero-order valence-corrected chi connectivity index (χ0v) is 15.7. The normalized spacial score (nSPS) is 10.8. The largest absolute Gasteiger partial charge is 0.497 e. The molecule has 140 valence electrons. The van der Waals surface area contributed by atoms with Gasteiger partial charge < -0.3 is 9.15 Å². The maximum Gasteiger partial charge on any atom is 0.322 e. The Morgan fingerprint density at radius 2 is 1.70 bits per heavy atom. The van der Waals surface area contributed by atoms with Crippen LogP contribution in [0.5, 0.6) is 5.75 Å². The molecule has 0 radical (unpaired) electrons. The van der Waals surface area contributed by atoms with Crippen molar-refractivity contribution in [3.8, 4) is 5.75 Å². The summed E-state index contributed by atoms with van der Waals surface area (Å²) in [5, 5.41) is 10.5. The van der Waals surface area contributed by atoms with Crippen LogP contribution in [-0.2, 0) is 17.6 Å². The second-order valence-corrected chi connectivity index (χ2v) is 6.65. The molecular formula is C21H23N3O3. The van der Waals surface area contributed by atoms with E-state index in [0.29, 0.717) is 18.2 Å². The number of anilines is 1. The number of carbonyl (C=O) groups excluding carboxylic acids is 1. The van der Waals surface area contributed by atoms with Crippen LogP contribution in [0.4, 0.5) is 6.01 Å². The Hall–Kier alpha value is -3.15. The molecule has 0 aliphatic heterocycles. The first-order valence-electron chi connectivity index (χ1n) is 8.87. The summed E-state index contributed by atoms with van der Waals surface area (Å²) in [5.41, 5.74) is 3.21. The van der Waals surface area contributed by atoms with Crippen LogP contribution in [0, 0.1) is 0 Å². The summed E-state index contributed by atoms with van der Waals surface area (Å²) < 4.78 is 10.7. The molecule has 3 aromatic rings. The van der Waals surface area contributed by atoms with Gasteiger partial charge in [-0.05, 0) is 34.7 Å². The second kappa shape index (κ2) is 8.49. The molecule has 0 saturated heterocycles. The Labute approximate surface area is 158 Å². The number of amides is 1. The molecule has 2 aromatic carbocycles. The number of carbonyl (C=O) groups is 1. The van der Waals surface area contributed by atoms with E-state index in [0.717, 1.165) is 16.9 Å². The molecule has 0 unspecified atom stereocenters. The number of benzene rings is 2. The van der Waals surface area contributed by atoms with Crippen LogP contribution in [0.25, 0.3) is 0 Å². The summed E-state index contributed by atoms with van der Waals surface area (Å²) in [7, 11) is 1.63. The van der Waals surface area contributed by atoms with Gasteiger partial charge >= 0.3 is 6.01 Å². The molecule has 1 amide bonds. The van der Waals surface area contributed by atoms with E-state index >= 15 is 0 Å². The van der Waals surface area contributed by atoms with Gasteiger partial charge in [-0.15, -0.1) is 5.10 Å². The average molecular weight is 365 g/mol. The number of hydrogen-bond acceptors (Lipinski definition) is 5. The number of nitrogens with one attached hydrogen (secondary N) is 1. The molecule has 6 heteroatoms. The number of methoxy groups -OCH3 is 1. The minimum absolute atomic E-state index is 0.113. The third kappa shape index (κ3) is 5.17. The predicted molar refractivity (Wildman–Crippen MR) is 103 cm³/mol. The highest BCUT2D eigenvalue weighted by Crippen LogP contribution is 2.17. The topological polar surface area (TPSA) is 77.3 Å². The van der Waals surface area contributed by atoms with E-state index in [2.05, 4.69) is 29.4 Å². The van der Waals surface area contributed by atoms with Crippen molar-refractivity contribution >= 4 is 11.9 Å². The molecule has 27 heavy (non-hydrogen) atoms. The minimum atomic E-state index is -0.188. The SMILES string of the molecule is COc1ccc(Cc2nnc(NC(=O)Cc3ccc(C(C)C)cc3)o2)cc1. The van der Waals surface area contributed by atoms with E-state index < -0.39 is 0 Å². The van der Waals surface area contributed by atoms with Gasteiger partial charge in [-0.3, -0.25) is 10.1 Å². The van der Waals surface area contributed by atoms with E-state index in [9.17, 15) is 4.79 Å². The number of rotatable bonds is 7. The van der Waals surface area contributed by atoms with Gasteiger partial charge in [-0.2, -0.15) is 0 Å². The van der Waals surface area contributed by atoms with Crippen molar-refractivity contribution in [2.75, 3.05) is 12.4 Å². The number of nitrogens with zero attached hydrogens (tertiary/aromatic N) is 2. The fourth-order valence-corrected chi connectivity index (χ4v) is 2.66. The van der Waals surface area contributed by atoms with Crippen molar-refractivity contribution in [1.82, 2.24) is 10.2 Å². The first kappa shape index (κ1) is 18.6. The molecule has 3 rings (SSSR count). The monoisotopic (exact) mass is 365 g/mol. The summed E-state index contributed by atoms with van der Waals surface area (Å²) in [4.78, 5) is 12.2. The summed E-state index contributed by atoms with van der Waals surface area (Å²) in [6, 6.07) is 15.8. The molecule has 0 fully saturated rings. The van der Waals surface area contributed by atoms with E-state index in [1.54, 1.807) is 7.11 Å². The first-order chi connectivity index (χ1) is 13.0. The van der Waals surface area contributed by atoms with Gasteiger partial charge in [-0.25, -0.2) is 0 Å². The van der Waals surface area contributed by atoms with Crippen molar-refractivity contribution in [2.45, 2.75) is 32.6 Å². The molecule has 0 atom stereocenters. The zero-order valence-electron chi connectivity index (χ0n) is 15.7. The lowest BCUT2D eigenvalue weighted by molar-refractivity contribution is -0.115. The predicted octanol–water partition coefficient (Wildman–Crippen LogP) is 3.97. The highest BCUT2D eigenvalue weighted by atomic mass is 16.5. The minimum Gasteiger partial charge on any atom is -0.497 e. The highest BCUT2D eigenvalue weighted by Gasteiger charge is 2.11. The maximum absolute atomic E-state index is 12.2. The molecule has 0 spiro atoms. The molecule has 6 nitrogen and oxygen atoms in total. The van der Waals surface area contributed by atoms with E-state index in [1.807, 2.05) is 48.5 Å². The fourth-order valence-electron chi connectivity index (χ4n) is 2.66. The number of hydrogen-bond donors (Lipinski definition) is 1. The van der Waals surface area contributed by atoms with Crippen LogP contribution >= 0.6 is 0 Å². The molecule has 1 aromatic heterocycles. The van der Waals surface area contributed by atoms with Crippen molar-refractivity contribution in [3.63, 3.8) is 0 Å². The quantitative estimate of drug-likeness (QED) is 0.685. The average Bonchev–Trinajstić information content (AvgIpc) is 3.09. The molecule has 1 heterocycles. The van der Waals surface area contributed by atoms with Crippen molar-refractivity contribution in [3.05, 3.63) is 71.1 Å². The Kier molecular flexibility index (Phi) is 5.86. The maximum atomic E-state index is 12.2. The molecule has 0 aliphatic rings. The van der Waals surface area contributed by atoms with Gasteiger partial charge in [0.15, 0.2) is 0 Å². The molecular weight excluding hydrogens is 342 g/mol. The first-order valence-corrected chi connectivity index (χ1v) is 8.87. The summed E-state index contributed by atoms with van der Waals surface area (Å²) in [6.07, 6.45) is 0.748. The Morgan fingerprint density at radius 1 is 1.04 bits per heavy atom. The van der Waals surface area contributed by atoms with Crippen LogP contribution in [-0.4, -0.2) is 23.2 Å². The smallest absolute Gasteiger partial charge is 0.322 e. The van der Waals surface area contributed by atoms with Crippen LogP contribution in [0.3, 0.4) is 0 Å². The van der Waals surface area contributed by atoms with Gasteiger partial charge in [0.2, 0.25) is 11.8 Å². The number of ether oxygens (including phenoxy) is 1. The Balaban J connectivity index is 1.55. The molecule has 1 N–H and O–H groups in total. The van der Waals surface area contributed by atoms with Gasteiger partial charge in [-0.1, -0.05) is 55.3 Å².